The Kier molecular flexibility index (Phi) is 24.8. The Morgan fingerprint density at radius 2 is 0.912 bits per heavy atom. The van der Waals surface area contributed by atoms with Crippen molar-refractivity contribution in [3.63, 3.8) is 0 Å². The van der Waals surface area contributed by atoms with Gasteiger partial charge in [0.1, 0.15) is 40.5 Å². The molecule has 2 atom stereocenters. The van der Waals surface area contributed by atoms with Crippen molar-refractivity contribution in [2.75, 3.05) is 18.0 Å². The van der Waals surface area contributed by atoms with E-state index < -0.39 is 65.3 Å². The summed E-state index contributed by atoms with van der Waals surface area (Å²) in [7, 11) is 0. The summed E-state index contributed by atoms with van der Waals surface area (Å²) in [4.78, 5) is 154. The van der Waals surface area contributed by atoms with Crippen LogP contribution in [-0.4, -0.2) is 132 Å². The highest BCUT2D eigenvalue weighted by Crippen LogP contribution is 2.45. The molecular weight excluding hydrogens is 1580 g/mol. The maximum atomic E-state index is 13.4. The Bertz CT molecular complexity index is 6250. The predicted molar refractivity (Wildman–Crippen MR) is 474 cm³/mol. The number of hydrogen-bond donors (Lipinski definition) is 7. The molecular formula is C98H98N16O11. The lowest BCUT2D eigenvalue weighted by atomic mass is 9.66. The van der Waals surface area contributed by atoms with Gasteiger partial charge in [-0.25, -0.2) is 29.9 Å². The number of imidazole rings is 2. The molecule has 4 aliphatic heterocycles. The van der Waals surface area contributed by atoms with E-state index in [4.69, 9.17) is 48.0 Å². The minimum absolute atomic E-state index is 0.0750. The lowest BCUT2D eigenvalue weighted by Crippen LogP contribution is -2.54. The monoisotopic (exact) mass is 1670 g/mol. The molecule has 6 aliphatic rings. The number of carboxylic acid groups (broad SMARTS) is 1. The van der Waals surface area contributed by atoms with Crippen LogP contribution < -0.4 is 33.6 Å². The largest absolute Gasteiger partial charge is 0.481 e. The zero-order chi connectivity index (χ0) is 87.2. The quantitative estimate of drug-likeness (QED) is 0.0177. The van der Waals surface area contributed by atoms with Crippen molar-refractivity contribution in [2.45, 2.75) is 184 Å². The van der Waals surface area contributed by atoms with Gasteiger partial charge in [0.05, 0.1) is 44.8 Å². The Morgan fingerprint density at radius 3 is 1.35 bits per heavy atom. The number of aliphatic carboxylic acids is 1. The molecule has 8 amide bonds. The molecule has 2 unspecified atom stereocenters. The van der Waals surface area contributed by atoms with Gasteiger partial charge in [0.15, 0.2) is 22.9 Å². The molecule has 27 heteroatoms. The molecule has 6 aromatic carbocycles. The molecule has 2 aliphatic carbocycles. The van der Waals surface area contributed by atoms with E-state index in [0.29, 0.717) is 85.7 Å². The van der Waals surface area contributed by atoms with Crippen LogP contribution in [0.2, 0.25) is 0 Å². The van der Waals surface area contributed by atoms with Crippen molar-refractivity contribution in [1.82, 2.24) is 59.5 Å². The third kappa shape index (κ3) is 17.8. The number of pyridine rings is 4. The smallest absolute Gasteiger partial charge is 0.303 e. The van der Waals surface area contributed by atoms with Crippen LogP contribution >= 0.6 is 0 Å². The number of aromatic nitrogens is 8. The molecule has 125 heavy (non-hydrogen) atoms. The zero-order valence-electron chi connectivity index (χ0n) is 69.6. The number of fused-ring (bicyclic) bond motifs is 4. The van der Waals surface area contributed by atoms with Gasteiger partial charge in [-0.3, -0.25) is 77.5 Å². The number of hydrogen-bond acceptors (Lipinski definition) is 20. The van der Waals surface area contributed by atoms with Crippen LogP contribution in [0.15, 0.2) is 194 Å². The van der Waals surface area contributed by atoms with Crippen LogP contribution in [0.3, 0.4) is 0 Å². The number of aryl methyl sites for hydroxylation is 3. The maximum absolute atomic E-state index is 13.4. The van der Waals surface area contributed by atoms with Gasteiger partial charge in [-0.15, -0.1) is 0 Å². The Labute approximate surface area is 721 Å². The van der Waals surface area contributed by atoms with Gasteiger partial charge in [0, 0.05) is 72.5 Å². The number of carboxylic acids is 1. The molecule has 2 saturated heterocycles. The number of nitrogens with one attached hydrogen (secondary N) is 2. The lowest BCUT2D eigenvalue weighted by Gasteiger charge is -2.39. The lowest BCUT2D eigenvalue weighted by molar-refractivity contribution is -0.138. The first-order valence-electron chi connectivity index (χ1n) is 43.0. The van der Waals surface area contributed by atoms with Crippen LogP contribution in [0.4, 0.5) is 11.6 Å². The fourth-order valence-corrected chi connectivity index (χ4v) is 17.8. The fraction of sp³-hybridized carbons (Fsp3) is 0.306. The van der Waals surface area contributed by atoms with Gasteiger partial charge in [0.25, 0.3) is 23.6 Å². The summed E-state index contributed by atoms with van der Waals surface area (Å²) in [6, 6.07) is 57.8. The fourth-order valence-electron chi connectivity index (χ4n) is 17.8. The van der Waals surface area contributed by atoms with Crippen LogP contribution in [0.5, 0.6) is 0 Å². The summed E-state index contributed by atoms with van der Waals surface area (Å²) in [6.45, 7) is 2.97. The molecule has 10 heterocycles. The van der Waals surface area contributed by atoms with Crippen LogP contribution in [0.1, 0.15) is 210 Å². The van der Waals surface area contributed by atoms with Crippen molar-refractivity contribution in [3.05, 3.63) is 250 Å². The number of nitrogen functional groups attached to an aromatic ring is 2. The average molecular weight is 1680 g/mol. The summed E-state index contributed by atoms with van der Waals surface area (Å²) in [5.74, 6) is -2.49. The van der Waals surface area contributed by atoms with E-state index in [1.165, 1.54) is 30.4 Å². The predicted octanol–water partition coefficient (Wildman–Crippen LogP) is 14.1. The highest BCUT2D eigenvalue weighted by atomic mass is 16.4. The van der Waals surface area contributed by atoms with E-state index in [1.54, 1.807) is 42.7 Å². The van der Waals surface area contributed by atoms with E-state index in [-0.39, 0.29) is 60.0 Å². The van der Waals surface area contributed by atoms with Crippen LogP contribution in [0.25, 0.3) is 79.0 Å². The summed E-state index contributed by atoms with van der Waals surface area (Å²) in [6.07, 6.45) is 19.4. The first kappa shape index (κ1) is 84.7. The van der Waals surface area contributed by atoms with E-state index >= 15 is 0 Å². The van der Waals surface area contributed by atoms with Crippen molar-refractivity contribution in [1.29, 1.82) is 0 Å². The molecule has 636 valence electrons. The Balaban J connectivity index is 0.000000154. The van der Waals surface area contributed by atoms with Gasteiger partial charge in [-0.05, 0) is 245 Å². The molecule has 12 aromatic rings. The van der Waals surface area contributed by atoms with E-state index in [0.717, 1.165) is 157 Å². The van der Waals surface area contributed by atoms with E-state index in [2.05, 4.69) is 117 Å². The van der Waals surface area contributed by atoms with Gasteiger partial charge < -0.3 is 28.0 Å². The normalized spacial score (nSPS) is 16.8. The standard InChI is InChI=1S/C49H48N8O5.C30H30N6.C19H20N2O6/c50-43-37(17-7-28-52-43)44-54-39-23-22-38(53-45(39)56(44)34-20-18-33(19-21-34)49(51)26-8-27-49)32-13-4-9-30(29-32)10-5-15-35(58)14-3-1-2-11-31-12-6-16-36-42(31)48(62)57(47(36)61)40-24-25-41(59)55-46(40)60;1-30(15-4-16-30)22-8-10-23(11-9-22)36-28(24-7-3-18-33-27(24)32)35-26-13-12-25(34-29(26)36)21-6-2-5-20(19-21)14-17-31;22-14-10-9-13(17(25)20-14)21-18(26)12-7-4-6-11(16(12)19(21)27)5-2-1-3-8-15(23)24/h4,6-7,9,12-13,16-23,28-29,40H,1-3,5,8,10-11,14-15,24-27,51H2,(H2,50,52)(H,55,59,60);2-3,5-13,18-19H,4,14-17,31H2,1H3,(H2,32,33);4,6-7,13H,1-3,5,8-10H2,(H,23,24)(H,20,22,25). The van der Waals surface area contributed by atoms with Crippen molar-refractivity contribution < 1.29 is 53.1 Å². The molecule has 4 fully saturated rings. The number of unbranched alkanes of at least 4 members (excludes halogenated alkanes) is 4. The molecule has 6 aromatic heterocycles. The molecule has 18 rings (SSSR count). The second kappa shape index (κ2) is 36.6. The minimum Gasteiger partial charge on any atom is -0.481 e. The summed E-state index contributed by atoms with van der Waals surface area (Å²) in [5, 5.41) is 13.1. The van der Waals surface area contributed by atoms with E-state index in [1.807, 2.05) is 71.3 Å². The number of amides is 8. The number of imide groups is 4. The first-order chi connectivity index (χ1) is 60.5. The molecule has 0 bridgehead atoms. The topological polar surface area (TPSA) is 413 Å². The van der Waals surface area contributed by atoms with Gasteiger partial charge in [-0.1, -0.05) is 111 Å². The first-order valence-corrected chi connectivity index (χ1v) is 43.0. The van der Waals surface area contributed by atoms with Gasteiger partial charge in [0.2, 0.25) is 23.6 Å². The third-order valence-electron chi connectivity index (χ3n) is 25.0. The number of anilines is 2. The second-order valence-electron chi connectivity index (χ2n) is 33.4. The maximum Gasteiger partial charge on any atom is 0.303 e. The van der Waals surface area contributed by atoms with Crippen LogP contribution in [-0.2, 0) is 65.4 Å². The summed E-state index contributed by atoms with van der Waals surface area (Å²) < 4.78 is 4.13. The third-order valence-corrected chi connectivity index (χ3v) is 25.0. The Morgan fingerprint density at radius 1 is 0.464 bits per heavy atom. The number of piperidine rings is 2. The molecule has 2 saturated carbocycles. The van der Waals surface area contributed by atoms with Gasteiger partial charge in [-0.2, -0.15) is 0 Å². The number of carbonyl (C=O) groups is 10. The van der Waals surface area contributed by atoms with Gasteiger partial charge >= 0.3 is 5.97 Å². The average Bonchev–Trinajstić information content (AvgIpc) is 1.63. The SMILES string of the molecule is CC1(c2ccc(-n3c(-c4cccnc4N)nc4ccc(-c5cccc(CCN)c5)nc43)cc2)CCC1.Nc1ncccc1-c1nc2ccc(-c3cccc(CCCC(=O)CCCCCc4cccc5c4C(=O)N(C4CCC(=O)NC4=O)C5=O)c3)nc2n1-c1ccc(C2(N)CCC2)cc1.O=C(O)CCCCCc1cccc2c1C(=O)N(C1CCC(=O)NC1=O)C2=O. The number of carbonyl (C=O) groups excluding carboxylic acids is 9. The van der Waals surface area contributed by atoms with Crippen LogP contribution in [0, 0.1) is 0 Å². The van der Waals surface area contributed by atoms with E-state index in [9.17, 15) is 47.9 Å². The van der Waals surface area contributed by atoms with Crippen molar-refractivity contribution in [2.24, 2.45) is 11.5 Å². The molecule has 11 N–H and O–H groups in total. The second-order valence-corrected chi connectivity index (χ2v) is 33.4. The number of nitrogens with two attached hydrogens (primary N) is 4. The molecule has 0 spiro atoms. The van der Waals surface area contributed by atoms with Crippen molar-refractivity contribution >= 4 is 93.0 Å². The molecule has 0 radical (unpaired) electrons. The summed E-state index contributed by atoms with van der Waals surface area (Å²) >= 11 is 0. The highest BCUT2D eigenvalue weighted by molar-refractivity contribution is 6.25. The Hall–Kier alpha value is -13.9. The zero-order valence-corrected chi connectivity index (χ0v) is 69.6. The molecule has 27 nitrogen and oxygen atoms in total. The minimum atomic E-state index is -0.994. The highest BCUT2D eigenvalue weighted by Gasteiger charge is 2.47. The number of rotatable bonds is 28. The number of Topliss-reactive ketones (excluding diaryl/α,β-unsaturated/α-hetero) is 1. The van der Waals surface area contributed by atoms with Crippen molar-refractivity contribution in [3.8, 4) is 56.7 Å². The number of nitrogens with zero attached hydrogens (tertiary/aromatic N) is 10. The summed E-state index contributed by atoms with van der Waals surface area (Å²) in [5.41, 5.74) is 42.8. The number of ketones is 1. The number of benzene rings is 6.